The highest BCUT2D eigenvalue weighted by Gasteiger charge is 2.14. The largest absolute Gasteiger partial charge is 0.346 e. The summed E-state index contributed by atoms with van der Waals surface area (Å²) in [6, 6.07) is 7.38. The Morgan fingerprint density at radius 3 is 2.59 bits per heavy atom. The van der Waals surface area contributed by atoms with Gasteiger partial charge in [0.25, 0.3) is 0 Å². The van der Waals surface area contributed by atoms with Gasteiger partial charge in [0.05, 0.1) is 0 Å². The molecule has 0 radical (unpaired) electrons. The molecule has 0 saturated carbocycles. The minimum atomic E-state index is 0. The van der Waals surface area contributed by atoms with Gasteiger partial charge in [-0.15, -0.1) is 12.4 Å². The van der Waals surface area contributed by atoms with Crippen molar-refractivity contribution in [2.24, 2.45) is 11.7 Å². The summed E-state index contributed by atoms with van der Waals surface area (Å²) in [6.45, 7) is 4.86. The maximum absolute atomic E-state index is 12.2. The normalized spacial score (nSPS) is 11.9. The van der Waals surface area contributed by atoms with Gasteiger partial charge in [0, 0.05) is 43.1 Å². The summed E-state index contributed by atoms with van der Waals surface area (Å²) in [6.07, 6.45) is 2.51. The minimum absolute atomic E-state index is 0. The molecule has 1 aromatic heterocycles. The zero-order valence-corrected chi connectivity index (χ0v) is 17.6. The van der Waals surface area contributed by atoms with Gasteiger partial charge in [-0.05, 0) is 43.0 Å². The Morgan fingerprint density at radius 2 is 1.96 bits per heavy atom. The number of aryl methyl sites for hydroxylation is 1. The average molecular weight is 415 g/mol. The quantitative estimate of drug-likeness (QED) is 0.670. The third-order valence-electron chi connectivity index (χ3n) is 4.43. The molecule has 27 heavy (non-hydrogen) atoms. The van der Waals surface area contributed by atoms with Crippen molar-refractivity contribution in [1.29, 1.82) is 0 Å². The predicted octanol–water partition coefficient (Wildman–Crippen LogP) is 3.97. The monoisotopic (exact) mass is 414 g/mol. The number of rotatable bonds is 9. The number of halogens is 2. The van der Waals surface area contributed by atoms with Gasteiger partial charge < -0.3 is 15.2 Å². The standard InChI is InChI=1S/C19H27ClN4O2.ClH/c1-13(2)16(21)11-12-24(3)18(25)6-4-5-17-22-19(23-26-17)14-7-9-15(20)10-8-14;/h7-10,13,16H,4-6,11-12,21H2,1-3H3;1H. The molecule has 2 aromatic rings. The first-order valence-electron chi connectivity index (χ1n) is 8.95. The fourth-order valence-corrected chi connectivity index (χ4v) is 2.58. The summed E-state index contributed by atoms with van der Waals surface area (Å²) >= 11 is 5.88. The number of hydrogen-bond acceptors (Lipinski definition) is 5. The molecule has 1 aromatic carbocycles. The first-order valence-corrected chi connectivity index (χ1v) is 9.32. The second-order valence-electron chi connectivity index (χ2n) is 6.88. The van der Waals surface area contributed by atoms with Gasteiger partial charge in [0.15, 0.2) is 0 Å². The Balaban J connectivity index is 0.00000364. The second-order valence-corrected chi connectivity index (χ2v) is 7.32. The molecule has 2 N–H and O–H groups in total. The van der Waals surface area contributed by atoms with E-state index in [1.54, 1.807) is 17.0 Å². The molecule has 6 nitrogen and oxygen atoms in total. The number of amides is 1. The van der Waals surface area contributed by atoms with Crippen molar-refractivity contribution in [2.75, 3.05) is 13.6 Å². The van der Waals surface area contributed by atoms with Gasteiger partial charge >= 0.3 is 0 Å². The molecular formula is C19H28Cl2N4O2. The summed E-state index contributed by atoms with van der Waals surface area (Å²) in [7, 11) is 1.82. The summed E-state index contributed by atoms with van der Waals surface area (Å²) in [5.41, 5.74) is 6.88. The molecule has 150 valence electrons. The lowest BCUT2D eigenvalue weighted by Gasteiger charge is -2.21. The lowest BCUT2D eigenvalue weighted by Crippen LogP contribution is -2.34. The van der Waals surface area contributed by atoms with E-state index >= 15 is 0 Å². The van der Waals surface area contributed by atoms with Gasteiger partial charge in [0.1, 0.15) is 0 Å². The van der Waals surface area contributed by atoms with Crippen molar-refractivity contribution >= 4 is 29.9 Å². The van der Waals surface area contributed by atoms with E-state index in [0.29, 0.717) is 48.5 Å². The average Bonchev–Trinajstić information content (AvgIpc) is 3.08. The number of aromatic nitrogens is 2. The van der Waals surface area contributed by atoms with E-state index in [9.17, 15) is 4.79 Å². The molecule has 0 saturated heterocycles. The zero-order chi connectivity index (χ0) is 19.1. The van der Waals surface area contributed by atoms with Gasteiger partial charge in [-0.2, -0.15) is 4.98 Å². The highest BCUT2D eigenvalue weighted by atomic mass is 35.5. The van der Waals surface area contributed by atoms with E-state index in [2.05, 4.69) is 24.0 Å². The Kier molecular flexibility index (Phi) is 9.77. The fraction of sp³-hybridized carbons (Fsp3) is 0.526. The number of carbonyl (C=O) groups excluding carboxylic acids is 1. The first kappa shape index (κ1) is 23.4. The lowest BCUT2D eigenvalue weighted by atomic mass is 10.0. The zero-order valence-electron chi connectivity index (χ0n) is 16.0. The second kappa shape index (κ2) is 11.3. The SMILES string of the molecule is CC(C)C(N)CCN(C)C(=O)CCCc1nc(-c2ccc(Cl)cc2)no1.Cl. The fourth-order valence-electron chi connectivity index (χ4n) is 2.46. The predicted molar refractivity (Wildman–Crippen MR) is 110 cm³/mol. The van der Waals surface area contributed by atoms with Crippen LogP contribution in [0, 0.1) is 5.92 Å². The van der Waals surface area contributed by atoms with Gasteiger partial charge in [-0.3, -0.25) is 4.79 Å². The van der Waals surface area contributed by atoms with Crippen LogP contribution in [0.15, 0.2) is 28.8 Å². The highest BCUT2D eigenvalue weighted by molar-refractivity contribution is 6.30. The molecule has 2 rings (SSSR count). The van der Waals surface area contributed by atoms with E-state index in [4.69, 9.17) is 21.9 Å². The van der Waals surface area contributed by atoms with Crippen molar-refractivity contribution in [3.63, 3.8) is 0 Å². The highest BCUT2D eigenvalue weighted by Crippen LogP contribution is 2.19. The number of hydrogen-bond donors (Lipinski definition) is 1. The molecule has 1 atom stereocenters. The van der Waals surface area contributed by atoms with Crippen LogP contribution >= 0.6 is 24.0 Å². The van der Waals surface area contributed by atoms with Crippen LogP contribution in [0.3, 0.4) is 0 Å². The van der Waals surface area contributed by atoms with E-state index < -0.39 is 0 Å². The summed E-state index contributed by atoms with van der Waals surface area (Å²) in [5.74, 6) is 1.60. The minimum Gasteiger partial charge on any atom is -0.346 e. The van der Waals surface area contributed by atoms with E-state index in [1.807, 2.05) is 19.2 Å². The van der Waals surface area contributed by atoms with Crippen molar-refractivity contribution in [3.8, 4) is 11.4 Å². The molecule has 1 amide bonds. The maximum Gasteiger partial charge on any atom is 0.226 e. The van der Waals surface area contributed by atoms with Crippen molar-refractivity contribution < 1.29 is 9.32 Å². The van der Waals surface area contributed by atoms with E-state index in [-0.39, 0.29) is 24.4 Å². The summed E-state index contributed by atoms with van der Waals surface area (Å²) in [4.78, 5) is 18.3. The Hall–Kier alpha value is -1.63. The number of nitrogens with zero attached hydrogens (tertiary/aromatic N) is 3. The molecule has 8 heteroatoms. The third kappa shape index (κ3) is 7.48. The number of carbonyl (C=O) groups is 1. The number of nitrogens with two attached hydrogens (primary N) is 1. The Morgan fingerprint density at radius 1 is 1.30 bits per heavy atom. The van der Waals surface area contributed by atoms with Crippen LogP contribution in [0.25, 0.3) is 11.4 Å². The van der Waals surface area contributed by atoms with Crippen LogP contribution in [0.4, 0.5) is 0 Å². The van der Waals surface area contributed by atoms with Gasteiger partial charge in [-0.1, -0.05) is 30.6 Å². The van der Waals surface area contributed by atoms with Gasteiger partial charge in [-0.25, -0.2) is 0 Å². The van der Waals surface area contributed by atoms with Crippen molar-refractivity contribution in [1.82, 2.24) is 15.0 Å². The third-order valence-corrected chi connectivity index (χ3v) is 4.68. The topological polar surface area (TPSA) is 85.2 Å². The van der Waals surface area contributed by atoms with Gasteiger partial charge in [0.2, 0.25) is 17.6 Å². The maximum atomic E-state index is 12.2. The molecule has 0 aliphatic rings. The first-order chi connectivity index (χ1) is 12.4. The molecule has 0 fully saturated rings. The molecule has 1 unspecified atom stereocenters. The van der Waals surface area contributed by atoms with Crippen LogP contribution < -0.4 is 5.73 Å². The Labute approximate surface area is 171 Å². The molecular weight excluding hydrogens is 387 g/mol. The molecule has 1 heterocycles. The molecule has 0 aliphatic heterocycles. The van der Waals surface area contributed by atoms with E-state index in [0.717, 1.165) is 12.0 Å². The summed E-state index contributed by atoms with van der Waals surface area (Å²) < 4.78 is 5.26. The van der Waals surface area contributed by atoms with Crippen LogP contribution in [0.1, 0.15) is 39.0 Å². The van der Waals surface area contributed by atoms with E-state index in [1.165, 1.54) is 0 Å². The molecule has 0 spiro atoms. The number of benzene rings is 1. The van der Waals surface area contributed by atoms with Crippen LogP contribution in [0.5, 0.6) is 0 Å². The van der Waals surface area contributed by atoms with Crippen molar-refractivity contribution in [3.05, 3.63) is 35.2 Å². The molecule has 0 bridgehead atoms. The Bertz CT molecular complexity index is 704. The lowest BCUT2D eigenvalue weighted by molar-refractivity contribution is -0.130. The van der Waals surface area contributed by atoms with Crippen LogP contribution in [0.2, 0.25) is 5.02 Å². The van der Waals surface area contributed by atoms with Crippen LogP contribution in [-0.4, -0.2) is 40.6 Å². The van der Waals surface area contributed by atoms with Crippen molar-refractivity contribution in [2.45, 2.75) is 45.6 Å². The smallest absolute Gasteiger partial charge is 0.226 e. The summed E-state index contributed by atoms with van der Waals surface area (Å²) in [5, 5.41) is 4.64. The molecule has 0 aliphatic carbocycles. The van der Waals surface area contributed by atoms with Crippen LogP contribution in [-0.2, 0) is 11.2 Å².